The van der Waals surface area contributed by atoms with Crippen molar-refractivity contribution in [2.75, 3.05) is 0 Å². The lowest BCUT2D eigenvalue weighted by Gasteiger charge is -2.12. The molecule has 0 N–H and O–H groups in total. The maximum absolute atomic E-state index is 13.1. The minimum Gasteiger partial charge on any atom is -0.300 e. The van der Waals surface area contributed by atoms with E-state index in [1.165, 1.54) is 6.07 Å². The fraction of sp³-hybridized carbons (Fsp3) is 0.417. The van der Waals surface area contributed by atoms with E-state index in [0.717, 1.165) is 6.42 Å². The summed E-state index contributed by atoms with van der Waals surface area (Å²) in [5.74, 6) is -0.366. The second-order valence-electron chi connectivity index (χ2n) is 3.63. The minimum atomic E-state index is -0.424. The van der Waals surface area contributed by atoms with Gasteiger partial charge in [-0.1, -0.05) is 30.7 Å². The number of hydrogen-bond donors (Lipinski definition) is 0. The molecular formula is C12H14ClFO. The lowest BCUT2D eigenvalue weighted by Crippen LogP contribution is -2.13. The van der Waals surface area contributed by atoms with Crippen molar-refractivity contribution in [3.05, 3.63) is 34.6 Å². The van der Waals surface area contributed by atoms with Gasteiger partial charge in [0.15, 0.2) is 0 Å². The van der Waals surface area contributed by atoms with Crippen LogP contribution in [0.5, 0.6) is 0 Å². The quantitative estimate of drug-likeness (QED) is 0.769. The van der Waals surface area contributed by atoms with Crippen LogP contribution in [-0.2, 0) is 11.2 Å². The molecule has 1 rings (SSSR count). The number of halogens is 2. The van der Waals surface area contributed by atoms with E-state index in [-0.39, 0.29) is 16.7 Å². The molecule has 0 radical (unpaired) electrons. The van der Waals surface area contributed by atoms with Crippen molar-refractivity contribution < 1.29 is 9.18 Å². The number of ketones is 1. The van der Waals surface area contributed by atoms with Gasteiger partial charge in [0.05, 0.1) is 5.02 Å². The standard InChI is InChI=1S/C12H14ClFO/c1-3-9(8(2)15)7-10-5-4-6-11(14)12(10)13/h4-6,9H,3,7H2,1-2H3. The van der Waals surface area contributed by atoms with Crippen molar-refractivity contribution in [2.24, 2.45) is 5.92 Å². The summed E-state index contributed by atoms with van der Waals surface area (Å²) in [6.07, 6.45) is 1.27. The number of carbonyl (C=O) groups is 1. The van der Waals surface area contributed by atoms with Gasteiger partial charge < -0.3 is 0 Å². The Balaban J connectivity index is 2.88. The number of hydrogen-bond acceptors (Lipinski definition) is 1. The molecule has 1 aromatic carbocycles. The highest BCUT2D eigenvalue weighted by molar-refractivity contribution is 6.31. The van der Waals surface area contributed by atoms with Crippen molar-refractivity contribution in [3.8, 4) is 0 Å². The van der Waals surface area contributed by atoms with Gasteiger partial charge in [0, 0.05) is 5.92 Å². The molecule has 15 heavy (non-hydrogen) atoms. The summed E-state index contributed by atoms with van der Waals surface area (Å²) < 4.78 is 13.1. The average molecular weight is 229 g/mol. The van der Waals surface area contributed by atoms with Crippen LogP contribution in [0.4, 0.5) is 4.39 Å². The number of Topliss-reactive ketones (excluding diaryl/α,β-unsaturated/α-hetero) is 1. The van der Waals surface area contributed by atoms with Crippen LogP contribution in [0.2, 0.25) is 5.02 Å². The summed E-state index contributed by atoms with van der Waals surface area (Å²) in [6, 6.07) is 4.70. The summed E-state index contributed by atoms with van der Waals surface area (Å²) in [4.78, 5) is 11.2. The van der Waals surface area contributed by atoms with Gasteiger partial charge in [-0.2, -0.15) is 0 Å². The van der Waals surface area contributed by atoms with Gasteiger partial charge in [0.2, 0.25) is 0 Å². The van der Waals surface area contributed by atoms with Gasteiger partial charge >= 0.3 is 0 Å². The SMILES string of the molecule is CCC(Cc1cccc(F)c1Cl)C(C)=O. The molecule has 82 valence electrons. The molecule has 0 amide bonds. The van der Waals surface area contributed by atoms with Crippen LogP contribution in [0.25, 0.3) is 0 Å². The second-order valence-corrected chi connectivity index (χ2v) is 4.01. The summed E-state index contributed by atoms with van der Waals surface area (Å²) >= 11 is 5.81. The molecule has 0 bridgehead atoms. The van der Waals surface area contributed by atoms with Crippen LogP contribution in [-0.4, -0.2) is 5.78 Å². The van der Waals surface area contributed by atoms with Gasteiger partial charge in [-0.25, -0.2) is 4.39 Å². The fourth-order valence-electron chi connectivity index (χ4n) is 1.55. The lowest BCUT2D eigenvalue weighted by atomic mass is 9.93. The van der Waals surface area contributed by atoms with Crippen LogP contribution in [0, 0.1) is 11.7 Å². The van der Waals surface area contributed by atoms with E-state index in [1.54, 1.807) is 19.1 Å². The van der Waals surface area contributed by atoms with Crippen molar-refractivity contribution in [3.63, 3.8) is 0 Å². The van der Waals surface area contributed by atoms with Crippen LogP contribution in [0.15, 0.2) is 18.2 Å². The van der Waals surface area contributed by atoms with E-state index >= 15 is 0 Å². The summed E-state index contributed by atoms with van der Waals surface area (Å²) in [6.45, 7) is 3.50. The number of rotatable bonds is 4. The zero-order valence-electron chi connectivity index (χ0n) is 8.89. The van der Waals surface area contributed by atoms with Crippen molar-refractivity contribution in [1.29, 1.82) is 0 Å². The van der Waals surface area contributed by atoms with Gasteiger partial charge in [-0.15, -0.1) is 0 Å². The number of benzene rings is 1. The average Bonchev–Trinajstić information content (AvgIpc) is 2.19. The Morgan fingerprint density at radius 1 is 1.53 bits per heavy atom. The first-order chi connectivity index (χ1) is 7.06. The summed E-state index contributed by atoms with van der Waals surface area (Å²) in [7, 11) is 0. The maximum atomic E-state index is 13.1. The van der Waals surface area contributed by atoms with Gasteiger partial charge in [0.25, 0.3) is 0 Å². The largest absolute Gasteiger partial charge is 0.300 e. The molecule has 0 fully saturated rings. The highest BCUT2D eigenvalue weighted by Crippen LogP contribution is 2.23. The summed E-state index contributed by atoms with van der Waals surface area (Å²) in [5.41, 5.74) is 0.707. The summed E-state index contributed by atoms with van der Waals surface area (Å²) in [5, 5.41) is 0.136. The number of carbonyl (C=O) groups excluding carboxylic acids is 1. The normalized spacial score (nSPS) is 12.5. The zero-order valence-corrected chi connectivity index (χ0v) is 9.64. The second kappa shape index (κ2) is 5.26. The third kappa shape index (κ3) is 3.03. The molecule has 0 aromatic heterocycles. The smallest absolute Gasteiger partial charge is 0.142 e. The first-order valence-electron chi connectivity index (χ1n) is 4.99. The zero-order chi connectivity index (χ0) is 11.4. The molecular weight excluding hydrogens is 215 g/mol. The molecule has 0 aliphatic rings. The monoisotopic (exact) mass is 228 g/mol. The van der Waals surface area contributed by atoms with E-state index < -0.39 is 5.82 Å². The van der Waals surface area contributed by atoms with E-state index in [9.17, 15) is 9.18 Å². The third-order valence-corrected chi connectivity index (χ3v) is 2.99. The third-order valence-electron chi connectivity index (χ3n) is 2.57. The highest BCUT2D eigenvalue weighted by atomic mass is 35.5. The lowest BCUT2D eigenvalue weighted by molar-refractivity contribution is -0.120. The predicted molar refractivity (Wildman–Crippen MR) is 59.6 cm³/mol. The van der Waals surface area contributed by atoms with Gasteiger partial charge in [-0.05, 0) is 31.4 Å². The molecule has 0 aliphatic carbocycles. The first kappa shape index (κ1) is 12.2. The van der Waals surface area contributed by atoms with Crippen molar-refractivity contribution in [2.45, 2.75) is 26.7 Å². The Morgan fingerprint density at radius 3 is 2.73 bits per heavy atom. The predicted octanol–water partition coefficient (Wildman–Crippen LogP) is 3.64. The topological polar surface area (TPSA) is 17.1 Å². The maximum Gasteiger partial charge on any atom is 0.142 e. The van der Waals surface area contributed by atoms with Crippen LogP contribution in [0.1, 0.15) is 25.8 Å². The first-order valence-corrected chi connectivity index (χ1v) is 5.37. The molecule has 1 aromatic rings. The van der Waals surface area contributed by atoms with E-state index in [0.29, 0.717) is 12.0 Å². The van der Waals surface area contributed by atoms with E-state index in [4.69, 9.17) is 11.6 Å². The van der Waals surface area contributed by atoms with Crippen molar-refractivity contribution >= 4 is 17.4 Å². The van der Waals surface area contributed by atoms with Crippen LogP contribution >= 0.6 is 11.6 Å². The molecule has 3 heteroatoms. The Kier molecular flexibility index (Phi) is 4.28. The fourth-order valence-corrected chi connectivity index (χ4v) is 1.75. The molecule has 0 saturated carbocycles. The van der Waals surface area contributed by atoms with Crippen molar-refractivity contribution in [1.82, 2.24) is 0 Å². The van der Waals surface area contributed by atoms with Gasteiger partial charge in [-0.3, -0.25) is 4.79 Å². The van der Waals surface area contributed by atoms with Crippen LogP contribution < -0.4 is 0 Å². The molecule has 0 heterocycles. The van der Waals surface area contributed by atoms with Gasteiger partial charge in [0.1, 0.15) is 11.6 Å². The molecule has 0 aliphatic heterocycles. The molecule has 0 spiro atoms. The van der Waals surface area contributed by atoms with Crippen LogP contribution in [0.3, 0.4) is 0 Å². The minimum absolute atomic E-state index is 0.0655. The highest BCUT2D eigenvalue weighted by Gasteiger charge is 2.15. The Bertz CT molecular complexity index is 363. The van der Waals surface area contributed by atoms with E-state index in [2.05, 4.69) is 0 Å². The molecule has 1 atom stereocenters. The Labute approximate surface area is 94.3 Å². The Hall–Kier alpha value is -0.890. The molecule has 1 unspecified atom stereocenters. The molecule has 0 saturated heterocycles. The van der Waals surface area contributed by atoms with E-state index in [1.807, 2.05) is 6.92 Å². The Morgan fingerprint density at radius 2 is 2.20 bits per heavy atom. The molecule has 1 nitrogen and oxygen atoms in total.